The molecule has 2 aromatic carbocycles. The van der Waals surface area contributed by atoms with Crippen LogP contribution >= 0.6 is 0 Å². The summed E-state index contributed by atoms with van der Waals surface area (Å²) in [5, 5.41) is 12.6. The van der Waals surface area contributed by atoms with Gasteiger partial charge in [-0.05, 0) is 50.7 Å². The molecular weight excluding hydrogens is 494 g/mol. The van der Waals surface area contributed by atoms with Crippen molar-refractivity contribution in [1.29, 1.82) is 0 Å². The molecule has 3 aromatic rings. The summed E-state index contributed by atoms with van der Waals surface area (Å²) in [6.07, 6.45) is -5.50. The Morgan fingerprint density at radius 2 is 1.68 bits per heavy atom. The van der Waals surface area contributed by atoms with Crippen LogP contribution in [0.5, 0.6) is 0 Å². The first kappa shape index (κ1) is 26.9. The average Bonchev–Trinajstić information content (AvgIpc) is 3.17. The number of likely N-dealkylation sites (N-methyl/N-ethyl adjacent to an activating group) is 1. The molecule has 0 radical (unpaired) electrons. The van der Waals surface area contributed by atoms with Gasteiger partial charge >= 0.3 is 12.1 Å². The number of carboxylic acid groups (broad SMARTS) is 1. The summed E-state index contributed by atoms with van der Waals surface area (Å²) in [4.78, 5) is 28.5. The fraction of sp³-hybridized carbons (Fsp3) is 0.462. The molecule has 1 aromatic heterocycles. The van der Waals surface area contributed by atoms with Gasteiger partial charge in [0.05, 0.1) is 0 Å². The molecule has 7 nitrogen and oxygen atoms in total. The highest BCUT2D eigenvalue weighted by atomic mass is 19.4. The van der Waals surface area contributed by atoms with E-state index in [-0.39, 0.29) is 17.1 Å². The molecule has 1 aliphatic heterocycles. The quantitative estimate of drug-likeness (QED) is 0.435. The maximum absolute atomic E-state index is 14.1. The summed E-state index contributed by atoms with van der Waals surface area (Å²) in [5.41, 5.74) is -1.24. The Hall–Kier alpha value is -3.18. The number of carbonyl (C=O) groups excluding carboxylic acids is 1. The van der Waals surface area contributed by atoms with Gasteiger partial charge in [-0.2, -0.15) is 13.2 Å². The Morgan fingerprint density at radius 3 is 2.27 bits per heavy atom. The molecule has 200 valence electrons. The van der Waals surface area contributed by atoms with Crippen LogP contribution in [0.25, 0.3) is 21.9 Å². The molecule has 0 spiro atoms. The van der Waals surface area contributed by atoms with Crippen molar-refractivity contribution in [1.82, 2.24) is 15.1 Å². The van der Waals surface area contributed by atoms with Crippen molar-refractivity contribution in [2.24, 2.45) is 0 Å². The van der Waals surface area contributed by atoms with Crippen LogP contribution in [-0.2, 0) is 4.79 Å². The molecule has 11 heteroatoms. The molecule has 2 atom stereocenters. The van der Waals surface area contributed by atoms with Crippen LogP contribution in [0, 0.1) is 0 Å². The standard InChI is InChI=1S/C26H29F4N3O4/c1-25(2,27)14-19(24(35)36)31-22(26(28,29)30)15-4-6-17-18-12-16(5-7-20(18)37-21(17)13-15)23(34)33-10-8-32(3)9-11-33/h4-7,12-13,19,22,31H,8-11,14H2,1-3H3,(H,35,36)/t19?,22-/m0/s1. The number of hydrogen-bond donors (Lipinski definition) is 2. The third kappa shape index (κ3) is 6.04. The largest absolute Gasteiger partial charge is 0.480 e. The van der Waals surface area contributed by atoms with Crippen molar-refractivity contribution in [3.63, 3.8) is 0 Å². The lowest BCUT2D eigenvalue weighted by Gasteiger charge is -2.32. The second-order valence-corrected chi connectivity index (χ2v) is 10.1. The first-order valence-electron chi connectivity index (χ1n) is 11.9. The van der Waals surface area contributed by atoms with Crippen LogP contribution in [0.2, 0.25) is 0 Å². The van der Waals surface area contributed by atoms with Crippen LogP contribution in [0.1, 0.15) is 42.2 Å². The van der Waals surface area contributed by atoms with E-state index in [1.807, 2.05) is 7.05 Å². The van der Waals surface area contributed by atoms with Crippen LogP contribution in [-0.4, -0.2) is 77.9 Å². The van der Waals surface area contributed by atoms with Gasteiger partial charge in [0.25, 0.3) is 5.91 Å². The zero-order valence-electron chi connectivity index (χ0n) is 20.7. The Kier molecular flexibility index (Phi) is 7.22. The van der Waals surface area contributed by atoms with Crippen molar-refractivity contribution in [3.05, 3.63) is 47.5 Å². The molecule has 4 rings (SSSR count). The number of piperazine rings is 1. The lowest BCUT2D eigenvalue weighted by atomic mass is 9.97. The minimum Gasteiger partial charge on any atom is -0.480 e. The number of amides is 1. The number of nitrogens with zero attached hydrogens (tertiary/aromatic N) is 2. The Labute approximate surface area is 211 Å². The van der Waals surface area contributed by atoms with Crippen LogP contribution in [0.4, 0.5) is 17.6 Å². The zero-order chi connectivity index (χ0) is 27.1. The van der Waals surface area contributed by atoms with E-state index in [0.29, 0.717) is 35.0 Å². The summed E-state index contributed by atoms with van der Waals surface area (Å²) in [6, 6.07) is 4.67. The van der Waals surface area contributed by atoms with Gasteiger partial charge < -0.3 is 19.3 Å². The molecule has 0 aliphatic carbocycles. The van der Waals surface area contributed by atoms with Crippen molar-refractivity contribution in [3.8, 4) is 0 Å². The fourth-order valence-electron chi connectivity index (χ4n) is 4.58. The Balaban J connectivity index is 1.67. The topological polar surface area (TPSA) is 86.0 Å². The number of halogens is 4. The highest BCUT2D eigenvalue weighted by Crippen LogP contribution is 2.37. The Bertz CT molecular complexity index is 1310. The summed E-state index contributed by atoms with van der Waals surface area (Å²) < 4.78 is 61.8. The Morgan fingerprint density at radius 1 is 1.00 bits per heavy atom. The maximum Gasteiger partial charge on any atom is 0.407 e. The minimum absolute atomic E-state index is 0.127. The fourth-order valence-corrected chi connectivity index (χ4v) is 4.58. The van der Waals surface area contributed by atoms with Gasteiger partial charge in [-0.1, -0.05) is 12.1 Å². The van der Waals surface area contributed by atoms with E-state index in [1.54, 1.807) is 23.1 Å². The third-order valence-electron chi connectivity index (χ3n) is 6.55. The van der Waals surface area contributed by atoms with E-state index in [4.69, 9.17) is 4.42 Å². The number of furan rings is 1. The first-order valence-corrected chi connectivity index (χ1v) is 11.9. The van der Waals surface area contributed by atoms with E-state index in [9.17, 15) is 32.3 Å². The number of fused-ring (bicyclic) bond motifs is 3. The van der Waals surface area contributed by atoms with Gasteiger partial charge in [0.15, 0.2) is 0 Å². The smallest absolute Gasteiger partial charge is 0.407 e. The van der Waals surface area contributed by atoms with Crippen LogP contribution < -0.4 is 5.32 Å². The highest BCUT2D eigenvalue weighted by Gasteiger charge is 2.44. The predicted octanol–water partition coefficient (Wildman–Crippen LogP) is 4.76. The number of nitrogens with one attached hydrogen (secondary N) is 1. The van der Waals surface area contributed by atoms with Crippen LogP contribution in [0.3, 0.4) is 0 Å². The van der Waals surface area contributed by atoms with Gasteiger partial charge in [-0.25, -0.2) is 4.39 Å². The van der Waals surface area contributed by atoms with Crippen molar-refractivity contribution in [2.75, 3.05) is 33.2 Å². The van der Waals surface area contributed by atoms with Crippen molar-refractivity contribution >= 4 is 33.8 Å². The van der Waals surface area contributed by atoms with E-state index < -0.39 is 36.3 Å². The van der Waals surface area contributed by atoms with E-state index in [1.165, 1.54) is 18.2 Å². The predicted molar refractivity (Wildman–Crippen MR) is 130 cm³/mol. The second kappa shape index (κ2) is 9.94. The average molecular weight is 524 g/mol. The van der Waals surface area contributed by atoms with Gasteiger partial charge in [0.2, 0.25) is 0 Å². The molecule has 1 fully saturated rings. The van der Waals surface area contributed by atoms with Crippen molar-refractivity contribution < 1.29 is 36.7 Å². The monoisotopic (exact) mass is 523 g/mol. The maximum atomic E-state index is 14.1. The SMILES string of the molecule is CN1CCN(C(=O)c2ccc3oc4cc([C@H](NC(CC(C)(C)F)C(=O)O)C(F)(F)F)ccc4c3c2)CC1. The number of rotatable bonds is 7. The van der Waals surface area contributed by atoms with Gasteiger partial charge in [-0.15, -0.1) is 0 Å². The van der Waals surface area contributed by atoms with Crippen LogP contribution in [0.15, 0.2) is 40.8 Å². The van der Waals surface area contributed by atoms with E-state index >= 15 is 0 Å². The number of carbonyl (C=O) groups is 2. The number of hydrogen-bond acceptors (Lipinski definition) is 5. The lowest BCUT2D eigenvalue weighted by molar-refractivity contribution is -0.164. The molecule has 0 bridgehead atoms. The lowest BCUT2D eigenvalue weighted by Crippen LogP contribution is -2.47. The third-order valence-corrected chi connectivity index (χ3v) is 6.55. The van der Waals surface area contributed by atoms with E-state index in [2.05, 4.69) is 10.2 Å². The summed E-state index contributed by atoms with van der Waals surface area (Å²) >= 11 is 0. The molecule has 37 heavy (non-hydrogen) atoms. The molecule has 1 amide bonds. The highest BCUT2D eigenvalue weighted by molar-refractivity contribution is 6.08. The number of benzene rings is 2. The molecular formula is C26H29F4N3O4. The van der Waals surface area contributed by atoms with Gasteiger partial charge in [0, 0.05) is 48.9 Å². The molecule has 1 saturated heterocycles. The van der Waals surface area contributed by atoms with Gasteiger partial charge in [-0.3, -0.25) is 14.9 Å². The first-order chi connectivity index (χ1) is 17.2. The summed E-state index contributed by atoms with van der Waals surface area (Å²) in [5.74, 6) is -1.71. The summed E-state index contributed by atoms with van der Waals surface area (Å²) in [6.45, 7) is 4.96. The normalized spacial score (nSPS) is 17.3. The van der Waals surface area contributed by atoms with Gasteiger partial charge in [0.1, 0.15) is 28.9 Å². The zero-order valence-corrected chi connectivity index (χ0v) is 20.7. The molecule has 2 heterocycles. The summed E-state index contributed by atoms with van der Waals surface area (Å²) in [7, 11) is 1.99. The van der Waals surface area contributed by atoms with Crippen molar-refractivity contribution in [2.45, 2.75) is 44.2 Å². The minimum atomic E-state index is -4.85. The second-order valence-electron chi connectivity index (χ2n) is 10.1. The molecule has 2 N–H and O–H groups in total. The molecule has 1 unspecified atom stereocenters. The number of carboxylic acids is 1. The number of aliphatic carboxylic acids is 1. The van der Waals surface area contributed by atoms with E-state index in [0.717, 1.165) is 26.9 Å². The molecule has 0 saturated carbocycles. The molecule has 1 aliphatic rings. The number of alkyl halides is 4.